The Kier molecular flexibility index (Phi) is 4.93. The molecule has 0 aromatic carbocycles. The second-order valence-corrected chi connectivity index (χ2v) is 5.39. The SMILES string of the molecule is CCNc1ncc(F)cc1C(=O)NC(C)C1CCCC1. The first-order valence-electron chi connectivity index (χ1n) is 7.32. The molecule has 0 spiro atoms. The fourth-order valence-corrected chi connectivity index (χ4v) is 2.78. The van der Waals surface area contributed by atoms with Crippen LogP contribution in [0.3, 0.4) is 0 Å². The number of amides is 1. The van der Waals surface area contributed by atoms with Gasteiger partial charge in [0.25, 0.3) is 5.91 Å². The van der Waals surface area contributed by atoms with Crippen LogP contribution in [0.4, 0.5) is 10.2 Å². The van der Waals surface area contributed by atoms with Gasteiger partial charge in [-0.05, 0) is 38.7 Å². The molecule has 4 nitrogen and oxygen atoms in total. The monoisotopic (exact) mass is 279 g/mol. The number of nitrogens with one attached hydrogen (secondary N) is 2. The third-order valence-corrected chi connectivity index (χ3v) is 3.91. The molecule has 2 rings (SSSR count). The summed E-state index contributed by atoms with van der Waals surface area (Å²) in [5.41, 5.74) is 0.275. The zero-order chi connectivity index (χ0) is 14.5. The summed E-state index contributed by atoms with van der Waals surface area (Å²) in [6.07, 6.45) is 5.89. The third-order valence-electron chi connectivity index (χ3n) is 3.91. The average Bonchev–Trinajstić information content (AvgIpc) is 2.95. The van der Waals surface area contributed by atoms with Crippen molar-refractivity contribution in [2.75, 3.05) is 11.9 Å². The highest BCUT2D eigenvalue weighted by Crippen LogP contribution is 2.27. The van der Waals surface area contributed by atoms with E-state index in [4.69, 9.17) is 0 Å². The summed E-state index contributed by atoms with van der Waals surface area (Å²) < 4.78 is 13.3. The Morgan fingerprint density at radius 3 is 2.85 bits per heavy atom. The van der Waals surface area contributed by atoms with E-state index in [9.17, 15) is 9.18 Å². The van der Waals surface area contributed by atoms with Gasteiger partial charge in [-0.2, -0.15) is 0 Å². The average molecular weight is 279 g/mol. The van der Waals surface area contributed by atoms with Crippen molar-refractivity contribution < 1.29 is 9.18 Å². The molecule has 1 amide bonds. The number of anilines is 1. The Hall–Kier alpha value is -1.65. The van der Waals surface area contributed by atoms with E-state index < -0.39 is 5.82 Å². The fourth-order valence-electron chi connectivity index (χ4n) is 2.78. The number of carbonyl (C=O) groups is 1. The summed E-state index contributed by atoms with van der Waals surface area (Å²) in [5.74, 6) is 0.214. The van der Waals surface area contributed by atoms with E-state index in [1.165, 1.54) is 18.9 Å². The van der Waals surface area contributed by atoms with Crippen LogP contribution in [-0.2, 0) is 0 Å². The molecule has 0 saturated heterocycles. The van der Waals surface area contributed by atoms with Gasteiger partial charge in [-0.3, -0.25) is 4.79 Å². The summed E-state index contributed by atoms with van der Waals surface area (Å²) in [6, 6.07) is 1.35. The maximum atomic E-state index is 13.3. The van der Waals surface area contributed by atoms with Crippen LogP contribution in [-0.4, -0.2) is 23.5 Å². The zero-order valence-electron chi connectivity index (χ0n) is 12.1. The molecule has 1 heterocycles. The Balaban J connectivity index is 2.09. The molecule has 1 aromatic heterocycles. The summed E-state index contributed by atoms with van der Waals surface area (Å²) in [7, 11) is 0. The predicted octanol–water partition coefficient (Wildman–Crippen LogP) is 2.96. The van der Waals surface area contributed by atoms with E-state index in [1.807, 2.05) is 13.8 Å². The Bertz CT molecular complexity index is 472. The minimum absolute atomic E-state index is 0.114. The van der Waals surface area contributed by atoms with Crippen LogP contribution in [0.15, 0.2) is 12.3 Å². The van der Waals surface area contributed by atoms with Crippen molar-refractivity contribution in [1.82, 2.24) is 10.3 Å². The number of halogens is 1. The summed E-state index contributed by atoms with van der Waals surface area (Å²) in [5, 5.41) is 5.97. The van der Waals surface area contributed by atoms with E-state index in [0.29, 0.717) is 18.3 Å². The molecule has 1 aliphatic carbocycles. The van der Waals surface area contributed by atoms with Gasteiger partial charge < -0.3 is 10.6 Å². The lowest BCUT2D eigenvalue weighted by Gasteiger charge is -2.21. The molecule has 2 N–H and O–H groups in total. The van der Waals surface area contributed by atoms with Crippen LogP contribution in [0.5, 0.6) is 0 Å². The molecule has 1 atom stereocenters. The van der Waals surface area contributed by atoms with Gasteiger partial charge >= 0.3 is 0 Å². The van der Waals surface area contributed by atoms with E-state index in [0.717, 1.165) is 19.0 Å². The van der Waals surface area contributed by atoms with Crippen LogP contribution in [0.25, 0.3) is 0 Å². The number of hydrogen-bond acceptors (Lipinski definition) is 3. The van der Waals surface area contributed by atoms with Crippen molar-refractivity contribution in [3.63, 3.8) is 0 Å². The largest absolute Gasteiger partial charge is 0.370 e. The van der Waals surface area contributed by atoms with Gasteiger partial charge in [-0.25, -0.2) is 9.37 Å². The highest BCUT2D eigenvalue weighted by atomic mass is 19.1. The van der Waals surface area contributed by atoms with Crippen LogP contribution < -0.4 is 10.6 Å². The maximum Gasteiger partial charge on any atom is 0.255 e. The molecular formula is C15H22FN3O. The minimum atomic E-state index is -0.495. The van der Waals surface area contributed by atoms with Crippen LogP contribution >= 0.6 is 0 Å². The van der Waals surface area contributed by atoms with Crippen molar-refractivity contribution >= 4 is 11.7 Å². The van der Waals surface area contributed by atoms with E-state index >= 15 is 0 Å². The lowest BCUT2D eigenvalue weighted by Crippen LogP contribution is -2.37. The first-order chi connectivity index (χ1) is 9.61. The van der Waals surface area contributed by atoms with Gasteiger partial charge in [0.1, 0.15) is 11.6 Å². The van der Waals surface area contributed by atoms with Crippen molar-refractivity contribution in [3.8, 4) is 0 Å². The highest BCUT2D eigenvalue weighted by molar-refractivity contribution is 5.98. The third kappa shape index (κ3) is 3.46. The second-order valence-electron chi connectivity index (χ2n) is 5.39. The topological polar surface area (TPSA) is 54.0 Å². The van der Waals surface area contributed by atoms with Crippen LogP contribution in [0.2, 0.25) is 0 Å². The van der Waals surface area contributed by atoms with Gasteiger partial charge in [0.2, 0.25) is 0 Å². The summed E-state index contributed by atoms with van der Waals surface area (Å²) in [4.78, 5) is 16.2. The van der Waals surface area contributed by atoms with Gasteiger partial charge in [-0.15, -0.1) is 0 Å². The zero-order valence-corrected chi connectivity index (χ0v) is 12.1. The Morgan fingerprint density at radius 2 is 2.20 bits per heavy atom. The number of carbonyl (C=O) groups excluding carboxylic acids is 1. The van der Waals surface area contributed by atoms with Gasteiger partial charge in [0, 0.05) is 12.6 Å². The molecule has 0 aliphatic heterocycles. The van der Waals surface area contributed by atoms with Gasteiger partial charge in [0.05, 0.1) is 11.8 Å². The van der Waals surface area contributed by atoms with Crippen molar-refractivity contribution in [3.05, 3.63) is 23.6 Å². The van der Waals surface area contributed by atoms with E-state index in [-0.39, 0.29) is 17.5 Å². The number of pyridine rings is 1. The molecule has 0 bridgehead atoms. The fraction of sp³-hybridized carbons (Fsp3) is 0.600. The molecule has 1 fully saturated rings. The number of nitrogens with zero attached hydrogens (tertiary/aromatic N) is 1. The highest BCUT2D eigenvalue weighted by Gasteiger charge is 2.24. The van der Waals surface area contributed by atoms with E-state index in [2.05, 4.69) is 15.6 Å². The van der Waals surface area contributed by atoms with Crippen LogP contribution in [0, 0.1) is 11.7 Å². The summed E-state index contributed by atoms with van der Waals surface area (Å²) >= 11 is 0. The van der Waals surface area contributed by atoms with Crippen molar-refractivity contribution in [2.24, 2.45) is 5.92 Å². The standard InChI is InChI=1S/C15H22FN3O/c1-3-17-14-13(8-12(16)9-18-14)15(20)19-10(2)11-6-4-5-7-11/h8-11H,3-7H2,1-2H3,(H,17,18)(H,19,20). The number of hydrogen-bond donors (Lipinski definition) is 2. The van der Waals surface area contributed by atoms with E-state index in [1.54, 1.807) is 0 Å². The first kappa shape index (κ1) is 14.8. The number of rotatable bonds is 5. The molecule has 1 aliphatic rings. The second kappa shape index (κ2) is 6.68. The smallest absolute Gasteiger partial charge is 0.255 e. The lowest BCUT2D eigenvalue weighted by molar-refractivity contribution is 0.0927. The molecule has 5 heteroatoms. The normalized spacial score (nSPS) is 16.9. The molecule has 110 valence electrons. The lowest BCUT2D eigenvalue weighted by atomic mass is 9.99. The van der Waals surface area contributed by atoms with Gasteiger partial charge in [-0.1, -0.05) is 12.8 Å². The first-order valence-corrected chi connectivity index (χ1v) is 7.32. The molecule has 1 aromatic rings. The molecular weight excluding hydrogens is 257 g/mol. The predicted molar refractivity (Wildman–Crippen MR) is 77.2 cm³/mol. The quantitative estimate of drug-likeness (QED) is 0.871. The van der Waals surface area contributed by atoms with Crippen LogP contribution in [0.1, 0.15) is 49.9 Å². The summed E-state index contributed by atoms with van der Waals surface area (Å²) in [6.45, 7) is 4.57. The molecule has 0 radical (unpaired) electrons. The molecule has 20 heavy (non-hydrogen) atoms. The minimum Gasteiger partial charge on any atom is -0.370 e. The van der Waals surface area contributed by atoms with Crippen molar-refractivity contribution in [1.29, 1.82) is 0 Å². The maximum absolute atomic E-state index is 13.3. The number of aromatic nitrogens is 1. The van der Waals surface area contributed by atoms with Crippen molar-refractivity contribution in [2.45, 2.75) is 45.6 Å². The van der Waals surface area contributed by atoms with Gasteiger partial charge in [0.15, 0.2) is 0 Å². The molecule has 1 unspecified atom stereocenters. The Morgan fingerprint density at radius 1 is 1.50 bits per heavy atom. The Labute approximate surface area is 119 Å². The molecule has 1 saturated carbocycles.